The van der Waals surface area contributed by atoms with Crippen molar-refractivity contribution in [1.29, 1.82) is 0 Å². The summed E-state index contributed by atoms with van der Waals surface area (Å²) in [5, 5.41) is 20.5. The number of nitrogens with zero attached hydrogens (tertiary/aromatic N) is 2. The molecule has 1 aromatic rings. The Morgan fingerprint density at radius 2 is 1.22 bits per heavy atom. The molecule has 0 aromatic heterocycles. The molecule has 1 heterocycles. The Hall–Kier alpha value is -2.32. The molecule has 0 aliphatic carbocycles. The molecular weight excluding hydrogens is 240 g/mol. The maximum Gasteiger partial charge on any atom is 0.186 e. The number of fused-ring (bicyclic) bond motifs is 1. The number of nitrogens with two attached hydrogens (primary N) is 2. The van der Waals surface area contributed by atoms with Gasteiger partial charge in [0.15, 0.2) is 11.5 Å². The van der Waals surface area contributed by atoms with Gasteiger partial charge in [-0.3, -0.25) is 10.4 Å². The van der Waals surface area contributed by atoms with Crippen molar-refractivity contribution in [3.05, 3.63) is 10.4 Å². The Morgan fingerprint density at radius 3 is 1.50 bits per heavy atom. The zero-order chi connectivity index (χ0) is 13.4. The van der Waals surface area contributed by atoms with Crippen molar-refractivity contribution in [2.24, 2.45) is 0 Å². The Bertz CT molecular complexity index is 548. The van der Waals surface area contributed by atoms with Gasteiger partial charge in [0.2, 0.25) is 0 Å². The first kappa shape index (κ1) is 12.1. The summed E-state index contributed by atoms with van der Waals surface area (Å²) in [6, 6.07) is 0. The van der Waals surface area contributed by atoms with Crippen LogP contribution in [0.3, 0.4) is 0 Å². The fourth-order valence-corrected chi connectivity index (χ4v) is 1.81. The second-order valence-electron chi connectivity index (χ2n) is 3.62. The van der Waals surface area contributed by atoms with Crippen molar-refractivity contribution < 1.29 is 19.9 Å². The second kappa shape index (κ2) is 4.17. The molecule has 0 atom stereocenters. The lowest BCUT2D eigenvalue weighted by Gasteiger charge is -2.24. The van der Waals surface area contributed by atoms with Crippen LogP contribution in [0, 0.1) is 0 Å². The Balaban J connectivity index is 2.91. The van der Waals surface area contributed by atoms with Gasteiger partial charge < -0.3 is 20.9 Å². The van der Waals surface area contributed by atoms with Crippen LogP contribution in [-0.2, 0) is 0 Å². The Kier molecular flexibility index (Phi) is 2.81. The first-order valence-corrected chi connectivity index (χ1v) is 5.00. The molecule has 0 bridgehead atoms. The molecule has 1 aliphatic rings. The summed E-state index contributed by atoms with van der Waals surface area (Å²) in [6.45, 7) is 0. The first-order chi connectivity index (χ1) is 8.51. The van der Waals surface area contributed by atoms with E-state index in [4.69, 9.17) is 20.9 Å². The second-order valence-corrected chi connectivity index (χ2v) is 3.62. The molecule has 0 saturated carbocycles. The third kappa shape index (κ3) is 1.55. The quantitative estimate of drug-likeness (QED) is 0.479. The SMILES string of the molecule is COc1c(OC)c(N)c2c(c1N)=CN(O)N(O)C=2. The van der Waals surface area contributed by atoms with Gasteiger partial charge in [0, 0.05) is 10.4 Å². The van der Waals surface area contributed by atoms with Gasteiger partial charge in [0.1, 0.15) is 0 Å². The van der Waals surface area contributed by atoms with Gasteiger partial charge in [-0.05, 0) is 0 Å². The lowest BCUT2D eigenvalue weighted by Crippen LogP contribution is -2.44. The molecule has 0 unspecified atom stereocenters. The number of anilines is 2. The van der Waals surface area contributed by atoms with Gasteiger partial charge in [0.25, 0.3) is 0 Å². The third-order valence-corrected chi connectivity index (χ3v) is 2.67. The van der Waals surface area contributed by atoms with Crippen molar-refractivity contribution in [2.45, 2.75) is 0 Å². The molecule has 1 aliphatic heterocycles. The Labute approximate surface area is 102 Å². The van der Waals surface area contributed by atoms with Crippen LogP contribution in [0.25, 0.3) is 12.4 Å². The highest BCUT2D eigenvalue weighted by Gasteiger charge is 2.19. The number of ether oxygens (including phenoxy) is 2. The van der Waals surface area contributed by atoms with E-state index in [1.807, 2.05) is 0 Å². The fraction of sp³-hybridized carbons (Fsp3) is 0.200. The van der Waals surface area contributed by atoms with Gasteiger partial charge in [0.05, 0.1) is 38.0 Å². The van der Waals surface area contributed by atoms with Crippen molar-refractivity contribution in [2.75, 3.05) is 25.7 Å². The normalized spacial score (nSPS) is 13.6. The maximum absolute atomic E-state index is 9.38. The minimum Gasteiger partial charge on any atom is -0.491 e. The number of hydroxylamine groups is 2. The zero-order valence-corrected chi connectivity index (χ0v) is 9.91. The topological polar surface area (TPSA) is 117 Å². The lowest BCUT2D eigenvalue weighted by atomic mass is 10.1. The summed E-state index contributed by atoms with van der Waals surface area (Å²) in [5.74, 6) is 0.552. The van der Waals surface area contributed by atoms with E-state index in [-0.39, 0.29) is 22.9 Å². The van der Waals surface area contributed by atoms with E-state index < -0.39 is 0 Å². The molecule has 0 saturated heterocycles. The molecule has 0 fully saturated rings. The van der Waals surface area contributed by atoms with E-state index in [1.165, 1.54) is 26.6 Å². The summed E-state index contributed by atoms with van der Waals surface area (Å²) in [6.07, 6.45) is 2.42. The molecule has 6 N–H and O–H groups in total. The monoisotopic (exact) mass is 254 g/mol. The molecule has 0 spiro atoms. The lowest BCUT2D eigenvalue weighted by molar-refractivity contribution is -0.287. The summed E-state index contributed by atoms with van der Waals surface area (Å²) in [5.41, 5.74) is 12.3. The van der Waals surface area contributed by atoms with Crippen LogP contribution in [0.1, 0.15) is 0 Å². The highest BCUT2D eigenvalue weighted by molar-refractivity contribution is 5.74. The molecule has 98 valence electrons. The van der Waals surface area contributed by atoms with Crippen molar-refractivity contribution in [1.82, 2.24) is 10.3 Å². The van der Waals surface area contributed by atoms with Crippen LogP contribution < -0.4 is 31.4 Å². The van der Waals surface area contributed by atoms with Gasteiger partial charge >= 0.3 is 0 Å². The van der Waals surface area contributed by atoms with Crippen molar-refractivity contribution in [3.8, 4) is 11.5 Å². The molecule has 0 radical (unpaired) electrons. The average molecular weight is 254 g/mol. The maximum atomic E-state index is 9.38. The number of hydrogen-bond donors (Lipinski definition) is 4. The number of benzene rings is 1. The van der Waals surface area contributed by atoms with Gasteiger partial charge in [-0.15, -0.1) is 10.3 Å². The van der Waals surface area contributed by atoms with Gasteiger partial charge in [-0.2, -0.15) is 0 Å². The minimum absolute atomic E-state index is 0.252. The molecule has 8 heteroatoms. The number of rotatable bonds is 2. The van der Waals surface area contributed by atoms with Crippen LogP contribution in [-0.4, -0.2) is 35.0 Å². The van der Waals surface area contributed by atoms with E-state index in [1.54, 1.807) is 0 Å². The average Bonchev–Trinajstić information content (AvgIpc) is 2.35. The van der Waals surface area contributed by atoms with Crippen LogP contribution in [0.5, 0.6) is 11.5 Å². The van der Waals surface area contributed by atoms with Crippen LogP contribution in [0.4, 0.5) is 11.4 Å². The fourth-order valence-electron chi connectivity index (χ4n) is 1.81. The first-order valence-electron chi connectivity index (χ1n) is 5.00. The molecule has 8 nitrogen and oxygen atoms in total. The Morgan fingerprint density at radius 1 is 0.889 bits per heavy atom. The molecular formula is C10H14N4O4. The summed E-state index contributed by atoms with van der Waals surface area (Å²) < 4.78 is 10.3. The highest BCUT2D eigenvalue weighted by Crippen LogP contribution is 2.34. The predicted octanol–water partition coefficient (Wildman–Crippen LogP) is -1.34. The van der Waals surface area contributed by atoms with E-state index in [9.17, 15) is 10.4 Å². The summed E-state index contributed by atoms with van der Waals surface area (Å²) in [4.78, 5) is 0. The van der Waals surface area contributed by atoms with Crippen LogP contribution in [0.2, 0.25) is 0 Å². The minimum atomic E-state index is 0.252. The van der Waals surface area contributed by atoms with Crippen LogP contribution in [0.15, 0.2) is 0 Å². The zero-order valence-electron chi connectivity index (χ0n) is 9.91. The largest absolute Gasteiger partial charge is 0.491 e. The van der Waals surface area contributed by atoms with Gasteiger partial charge in [-0.25, -0.2) is 0 Å². The van der Waals surface area contributed by atoms with E-state index >= 15 is 0 Å². The highest BCUT2D eigenvalue weighted by atomic mass is 16.7. The van der Waals surface area contributed by atoms with Crippen LogP contribution >= 0.6 is 0 Å². The van der Waals surface area contributed by atoms with E-state index in [0.29, 0.717) is 20.8 Å². The smallest absolute Gasteiger partial charge is 0.186 e. The molecule has 1 aromatic carbocycles. The van der Waals surface area contributed by atoms with E-state index in [2.05, 4.69) is 0 Å². The number of nitrogen functional groups attached to an aromatic ring is 2. The molecule has 0 amide bonds. The standard InChI is InChI=1S/C10H14N4O4/c1-17-9-7(11)5-3-13(15)14(16)4-6(5)8(12)10(9)18-2/h3-4,15-16H,11-12H2,1-2H3. The van der Waals surface area contributed by atoms with Crippen molar-refractivity contribution in [3.63, 3.8) is 0 Å². The molecule has 18 heavy (non-hydrogen) atoms. The number of methoxy groups -OCH3 is 2. The predicted molar refractivity (Wildman–Crippen MR) is 63.8 cm³/mol. The summed E-state index contributed by atoms with van der Waals surface area (Å²) >= 11 is 0. The molecule has 2 rings (SSSR count). The number of hydrogen-bond acceptors (Lipinski definition) is 8. The van der Waals surface area contributed by atoms with E-state index in [0.717, 1.165) is 0 Å². The van der Waals surface area contributed by atoms with Crippen molar-refractivity contribution >= 4 is 23.8 Å². The number of hydrazine groups is 1. The summed E-state index contributed by atoms with van der Waals surface area (Å²) in [7, 11) is 2.86. The van der Waals surface area contributed by atoms with Gasteiger partial charge in [-0.1, -0.05) is 0 Å². The third-order valence-electron chi connectivity index (χ3n) is 2.67.